The summed E-state index contributed by atoms with van der Waals surface area (Å²) in [7, 11) is 0. The van der Waals surface area contributed by atoms with Gasteiger partial charge in [-0.25, -0.2) is 4.94 Å². The summed E-state index contributed by atoms with van der Waals surface area (Å²) in [6, 6.07) is 0. The van der Waals surface area contributed by atoms with Crippen LogP contribution >= 0.6 is 0 Å². The molecule has 0 aromatic rings. The largest absolute Gasteiger partial charge is 0.206 e. The van der Waals surface area contributed by atoms with Crippen molar-refractivity contribution < 1.29 is 4.94 Å². The zero-order valence-electron chi connectivity index (χ0n) is 3.29. The molecule has 0 radical (unpaired) electrons. The van der Waals surface area contributed by atoms with E-state index in [1.54, 1.807) is 6.92 Å². The molecule has 0 saturated carbocycles. The molecule has 0 aliphatic heterocycles. The first-order chi connectivity index (χ1) is 2.91. The maximum atomic E-state index is 8.98. The molecule has 0 aliphatic carbocycles. The second kappa shape index (κ2) is 4.07. The monoisotopic (exact) mass is 88.0 g/mol. The maximum Gasteiger partial charge on any atom is 0.184 e. The van der Waals surface area contributed by atoms with Gasteiger partial charge in [-0.3, -0.25) is 0 Å². The highest BCUT2D eigenvalue weighted by Gasteiger charge is 1.59. The Hall–Kier alpha value is -0.930. The van der Waals surface area contributed by atoms with E-state index < -0.39 is 0 Å². The Bertz CT molecular complexity index is 60.6. The van der Waals surface area contributed by atoms with Crippen LogP contribution in [-0.4, -0.2) is 6.21 Å². The second-order valence-corrected chi connectivity index (χ2v) is 0.520. The van der Waals surface area contributed by atoms with Gasteiger partial charge in [0.15, 0.2) is 5.34 Å². The van der Waals surface area contributed by atoms with E-state index in [1.807, 2.05) is 5.34 Å². The van der Waals surface area contributed by atoms with Crippen LogP contribution in [0.3, 0.4) is 0 Å². The Morgan fingerprint density at radius 1 is 1.83 bits per heavy atom. The summed E-state index contributed by atoms with van der Waals surface area (Å²) in [5.74, 6) is 0. The highest BCUT2D eigenvalue weighted by atomic mass is 16.8. The van der Waals surface area contributed by atoms with Crippen molar-refractivity contribution >= 4 is 6.21 Å². The molecule has 0 fully saturated rings. The van der Waals surface area contributed by atoms with Crippen molar-refractivity contribution in [3.63, 3.8) is 0 Å². The summed E-state index contributed by atoms with van der Waals surface area (Å²) in [5.41, 5.74) is 0. The van der Waals surface area contributed by atoms with E-state index in [4.69, 9.17) is 4.91 Å². The van der Waals surface area contributed by atoms with Crippen LogP contribution in [0.15, 0.2) is 10.5 Å². The zero-order valence-corrected chi connectivity index (χ0v) is 3.29. The normalized spacial score (nSPS) is 8.83. The second-order valence-electron chi connectivity index (χ2n) is 0.520. The number of hydrogen-bond donors (Lipinski definition) is 0. The van der Waals surface area contributed by atoms with Crippen LogP contribution < -0.4 is 0 Å². The molecular weight excluding hydrogens is 84.0 g/mol. The minimum Gasteiger partial charge on any atom is -0.206 e. The summed E-state index contributed by atoms with van der Waals surface area (Å²) in [5, 5.41) is 4.96. The van der Waals surface area contributed by atoms with E-state index in [0.29, 0.717) is 0 Å². The highest BCUT2D eigenvalue weighted by molar-refractivity contribution is 5.52. The van der Waals surface area contributed by atoms with E-state index in [-0.39, 0.29) is 0 Å². The molecule has 0 amide bonds. The van der Waals surface area contributed by atoms with Gasteiger partial charge in [0.05, 0.1) is 0 Å². The van der Waals surface area contributed by atoms with Crippen LogP contribution in [0.2, 0.25) is 0 Å². The lowest BCUT2D eigenvalue weighted by Gasteiger charge is -1.69. The van der Waals surface area contributed by atoms with Crippen LogP contribution in [0, 0.1) is 4.91 Å². The van der Waals surface area contributed by atoms with E-state index in [2.05, 4.69) is 10.1 Å². The van der Waals surface area contributed by atoms with Gasteiger partial charge in [-0.1, -0.05) is 5.16 Å². The molecule has 0 heterocycles. The van der Waals surface area contributed by atoms with Crippen molar-refractivity contribution in [2.24, 2.45) is 10.5 Å². The molecule has 0 unspecified atom stereocenters. The molecule has 6 heavy (non-hydrogen) atoms. The topological polar surface area (TPSA) is 51.0 Å². The van der Waals surface area contributed by atoms with Gasteiger partial charge < -0.3 is 0 Å². The van der Waals surface area contributed by atoms with E-state index in [9.17, 15) is 0 Å². The molecule has 0 rings (SSSR count). The van der Waals surface area contributed by atoms with Crippen molar-refractivity contribution in [1.82, 2.24) is 0 Å². The predicted molar refractivity (Wildman–Crippen MR) is 21.0 cm³/mol. The van der Waals surface area contributed by atoms with Gasteiger partial charge in [-0.2, -0.15) is 0 Å². The van der Waals surface area contributed by atoms with Crippen LogP contribution in [-0.2, 0) is 4.94 Å². The van der Waals surface area contributed by atoms with Gasteiger partial charge in [-0.05, 0) is 6.92 Å². The Labute approximate surface area is 34.7 Å². The minimum atomic E-state index is 1.32. The first kappa shape index (κ1) is 5.07. The lowest BCUT2D eigenvalue weighted by Crippen LogP contribution is -1.61. The molecule has 4 heteroatoms. The summed E-state index contributed by atoms with van der Waals surface area (Å²) in [6.07, 6.45) is 1.32. The fourth-order valence-electron chi connectivity index (χ4n) is 0.0664. The van der Waals surface area contributed by atoms with Gasteiger partial charge in [-0.15, -0.1) is 4.91 Å². The average molecular weight is 88.1 g/mol. The summed E-state index contributed by atoms with van der Waals surface area (Å²) < 4.78 is 0. The van der Waals surface area contributed by atoms with Crippen LogP contribution in [0.4, 0.5) is 0 Å². The third-order valence-corrected chi connectivity index (χ3v) is 0.186. The number of hydrogen-bond acceptors (Lipinski definition) is 4. The van der Waals surface area contributed by atoms with Crippen molar-refractivity contribution in [1.29, 1.82) is 0 Å². The minimum absolute atomic E-state index is 1.32. The van der Waals surface area contributed by atoms with Gasteiger partial charge in [0, 0.05) is 6.21 Å². The first-order valence-electron chi connectivity index (χ1n) is 1.38. The number of oxime groups is 1. The Balaban J connectivity index is 2.85. The SMILES string of the molecule is CC=NON=O. The molecular formula is C2H4N2O2. The molecule has 0 atom stereocenters. The van der Waals surface area contributed by atoms with Crippen LogP contribution in [0.5, 0.6) is 0 Å². The lowest BCUT2D eigenvalue weighted by atomic mass is 10.9. The number of rotatable bonds is 2. The molecule has 34 valence electrons. The molecule has 0 bridgehead atoms. The van der Waals surface area contributed by atoms with Gasteiger partial charge >= 0.3 is 0 Å². The predicted octanol–water partition coefficient (Wildman–Crippen LogP) is 0.690. The van der Waals surface area contributed by atoms with E-state index in [0.717, 1.165) is 0 Å². The Morgan fingerprint density at radius 3 is 2.67 bits per heavy atom. The Kier molecular flexibility index (Phi) is 3.44. The fraction of sp³-hybridized carbons (Fsp3) is 0.500. The molecule has 0 aromatic carbocycles. The fourth-order valence-corrected chi connectivity index (χ4v) is 0.0664. The standard InChI is InChI=1S/C2H4N2O2/c1-2-3-6-4-5/h2H,1H3. The molecule has 0 aliphatic rings. The van der Waals surface area contributed by atoms with Crippen molar-refractivity contribution in [3.8, 4) is 0 Å². The van der Waals surface area contributed by atoms with Crippen LogP contribution in [0.25, 0.3) is 0 Å². The van der Waals surface area contributed by atoms with Gasteiger partial charge in [0.2, 0.25) is 0 Å². The molecule has 0 spiro atoms. The van der Waals surface area contributed by atoms with Gasteiger partial charge in [0.1, 0.15) is 0 Å². The molecule has 4 nitrogen and oxygen atoms in total. The van der Waals surface area contributed by atoms with Crippen molar-refractivity contribution in [2.45, 2.75) is 6.92 Å². The lowest BCUT2D eigenvalue weighted by molar-refractivity contribution is 0.152. The molecule has 0 saturated heterocycles. The van der Waals surface area contributed by atoms with E-state index >= 15 is 0 Å². The van der Waals surface area contributed by atoms with Crippen LogP contribution in [0.1, 0.15) is 6.92 Å². The van der Waals surface area contributed by atoms with E-state index in [1.165, 1.54) is 6.21 Å². The Morgan fingerprint density at radius 2 is 2.50 bits per heavy atom. The smallest absolute Gasteiger partial charge is 0.184 e. The molecule has 0 N–H and O–H groups in total. The average Bonchev–Trinajstić information content (AvgIpc) is 1.61. The zero-order chi connectivity index (χ0) is 4.83. The summed E-state index contributed by atoms with van der Waals surface area (Å²) in [4.78, 5) is 12.6. The number of nitrogens with zero attached hydrogens (tertiary/aromatic N) is 2. The third kappa shape index (κ3) is 3.07. The third-order valence-electron chi connectivity index (χ3n) is 0.186. The first-order valence-corrected chi connectivity index (χ1v) is 1.38. The van der Waals surface area contributed by atoms with Crippen molar-refractivity contribution in [2.75, 3.05) is 0 Å². The summed E-state index contributed by atoms with van der Waals surface area (Å²) in [6.45, 7) is 1.62. The molecule has 0 aromatic heterocycles. The van der Waals surface area contributed by atoms with Crippen molar-refractivity contribution in [3.05, 3.63) is 4.91 Å². The quantitative estimate of drug-likeness (QED) is 0.283. The highest BCUT2D eigenvalue weighted by Crippen LogP contribution is 1.68. The van der Waals surface area contributed by atoms with Gasteiger partial charge in [0.25, 0.3) is 0 Å². The maximum absolute atomic E-state index is 8.98. The summed E-state index contributed by atoms with van der Waals surface area (Å²) >= 11 is 0.